The predicted molar refractivity (Wildman–Crippen MR) is 75.9 cm³/mol. The highest BCUT2D eigenvalue weighted by Gasteiger charge is 2.04. The molecule has 0 fully saturated rings. The standard InChI is InChI=1S/C14H19N3O2/c1-2-3-7-10-15-13(18)11-16-14(19)17-12-8-5-4-6-9-12/h2-6,8-9H,7,10-11H2,1H3,(H,15,18)(H2,16,17,19)/b3-2+. The minimum absolute atomic E-state index is 0.0332. The second-order valence-corrected chi connectivity index (χ2v) is 3.88. The average molecular weight is 261 g/mol. The van der Waals surface area contributed by atoms with Crippen molar-refractivity contribution < 1.29 is 9.59 Å². The fourth-order valence-corrected chi connectivity index (χ4v) is 1.38. The monoisotopic (exact) mass is 261 g/mol. The van der Waals surface area contributed by atoms with Gasteiger partial charge in [0.05, 0.1) is 6.54 Å². The molecule has 5 heteroatoms. The van der Waals surface area contributed by atoms with E-state index in [1.165, 1.54) is 0 Å². The maximum absolute atomic E-state index is 11.5. The zero-order valence-corrected chi connectivity index (χ0v) is 11.0. The minimum Gasteiger partial charge on any atom is -0.354 e. The van der Waals surface area contributed by atoms with Crippen LogP contribution in [0.2, 0.25) is 0 Å². The average Bonchev–Trinajstić information content (AvgIpc) is 2.42. The molecule has 0 aliphatic heterocycles. The Bertz CT molecular complexity index is 430. The first-order chi connectivity index (χ1) is 9.22. The third-order valence-electron chi connectivity index (χ3n) is 2.31. The van der Waals surface area contributed by atoms with E-state index in [2.05, 4.69) is 16.0 Å². The van der Waals surface area contributed by atoms with Crippen molar-refractivity contribution in [1.29, 1.82) is 0 Å². The fourth-order valence-electron chi connectivity index (χ4n) is 1.38. The summed E-state index contributed by atoms with van der Waals surface area (Å²) in [5.41, 5.74) is 0.688. The van der Waals surface area contributed by atoms with Gasteiger partial charge in [0.25, 0.3) is 0 Å². The van der Waals surface area contributed by atoms with Crippen molar-refractivity contribution in [1.82, 2.24) is 10.6 Å². The molecule has 0 atom stereocenters. The van der Waals surface area contributed by atoms with Gasteiger partial charge >= 0.3 is 6.03 Å². The summed E-state index contributed by atoms with van der Waals surface area (Å²) in [6, 6.07) is 8.66. The largest absolute Gasteiger partial charge is 0.354 e. The summed E-state index contributed by atoms with van der Waals surface area (Å²) in [5.74, 6) is -0.201. The van der Waals surface area contributed by atoms with Gasteiger partial charge in [-0.2, -0.15) is 0 Å². The highest BCUT2D eigenvalue weighted by atomic mass is 16.2. The van der Waals surface area contributed by atoms with Crippen molar-refractivity contribution in [2.24, 2.45) is 0 Å². The van der Waals surface area contributed by atoms with E-state index in [-0.39, 0.29) is 12.5 Å². The fraction of sp³-hybridized carbons (Fsp3) is 0.286. The van der Waals surface area contributed by atoms with Crippen molar-refractivity contribution in [2.75, 3.05) is 18.4 Å². The van der Waals surface area contributed by atoms with Crippen molar-refractivity contribution >= 4 is 17.6 Å². The van der Waals surface area contributed by atoms with E-state index >= 15 is 0 Å². The molecule has 3 N–H and O–H groups in total. The van der Waals surface area contributed by atoms with E-state index in [9.17, 15) is 9.59 Å². The number of para-hydroxylation sites is 1. The van der Waals surface area contributed by atoms with Crippen LogP contribution < -0.4 is 16.0 Å². The summed E-state index contributed by atoms with van der Waals surface area (Å²) in [5, 5.41) is 7.83. The van der Waals surface area contributed by atoms with E-state index < -0.39 is 6.03 Å². The van der Waals surface area contributed by atoms with Gasteiger partial charge in [0, 0.05) is 12.2 Å². The van der Waals surface area contributed by atoms with E-state index in [4.69, 9.17) is 0 Å². The molecule has 0 unspecified atom stereocenters. The summed E-state index contributed by atoms with van der Waals surface area (Å²) in [6.45, 7) is 2.47. The Morgan fingerprint density at radius 3 is 2.58 bits per heavy atom. The molecule has 0 bridgehead atoms. The van der Waals surface area contributed by atoms with Gasteiger partial charge < -0.3 is 16.0 Å². The molecule has 0 heterocycles. The van der Waals surface area contributed by atoms with Gasteiger partial charge in [-0.05, 0) is 25.5 Å². The Hall–Kier alpha value is -2.30. The van der Waals surface area contributed by atoms with Gasteiger partial charge in [0.2, 0.25) is 5.91 Å². The number of allylic oxidation sites excluding steroid dienone is 1. The van der Waals surface area contributed by atoms with Crippen LogP contribution in [0, 0.1) is 0 Å². The Balaban J connectivity index is 2.17. The maximum Gasteiger partial charge on any atom is 0.319 e. The molecule has 1 aromatic carbocycles. The SMILES string of the molecule is C/C=C/CCNC(=O)CNC(=O)Nc1ccccc1. The normalized spacial score (nSPS) is 10.2. The quantitative estimate of drug-likeness (QED) is 0.540. The number of anilines is 1. The molecule has 19 heavy (non-hydrogen) atoms. The van der Waals surface area contributed by atoms with Crippen LogP contribution in [-0.4, -0.2) is 25.0 Å². The molecule has 0 saturated carbocycles. The molecule has 0 saturated heterocycles. The number of carbonyl (C=O) groups excluding carboxylic acids is 2. The van der Waals surface area contributed by atoms with Crippen LogP contribution in [0.1, 0.15) is 13.3 Å². The number of benzene rings is 1. The molecule has 1 rings (SSSR count). The number of rotatable bonds is 6. The Labute approximate surface area is 113 Å². The van der Waals surface area contributed by atoms with E-state index in [1.807, 2.05) is 37.3 Å². The van der Waals surface area contributed by atoms with Crippen LogP contribution in [0.25, 0.3) is 0 Å². The van der Waals surface area contributed by atoms with Crippen LogP contribution in [0.5, 0.6) is 0 Å². The number of hydrogen-bond donors (Lipinski definition) is 3. The molecule has 0 aliphatic rings. The van der Waals surface area contributed by atoms with Crippen molar-refractivity contribution in [3.05, 3.63) is 42.5 Å². The molecule has 0 aromatic heterocycles. The number of hydrogen-bond acceptors (Lipinski definition) is 2. The van der Waals surface area contributed by atoms with Gasteiger partial charge in [-0.15, -0.1) is 0 Å². The number of urea groups is 1. The zero-order valence-electron chi connectivity index (χ0n) is 11.0. The van der Waals surface area contributed by atoms with Gasteiger partial charge in [0.1, 0.15) is 0 Å². The van der Waals surface area contributed by atoms with Gasteiger partial charge in [0.15, 0.2) is 0 Å². The van der Waals surface area contributed by atoms with Gasteiger partial charge in [-0.1, -0.05) is 30.4 Å². The molecule has 5 nitrogen and oxygen atoms in total. The highest BCUT2D eigenvalue weighted by Crippen LogP contribution is 2.03. The van der Waals surface area contributed by atoms with Crippen molar-refractivity contribution in [3.63, 3.8) is 0 Å². The highest BCUT2D eigenvalue weighted by molar-refractivity contribution is 5.92. The number of nitrogens with one attached hydrogen (secondary N) is 3. The second kappa shape index (κ2) is 8.74. The third kappa shape index (κ3) is 6.88. The lowest BCUT2D eigenvalue weighted by Gasteiger charge is -2.07. The molecule has 0 radical (unpaired) electrons. The first-order valence-electron chi connectivity index (χ1n) is 6.20. The summed E-state index contributed by atoms with van der Waals surface area (Å²) < 4.78 is 0. The topological polar surface area (TPSA) is 70.2 Å². The van der Waals surface area contributed by atoms with E-state index in [0.717, 1.165) is 6.42 Å². The minimum atomic E-state index is -0.394. The molecule has 1 aromatic rings. The molecule has 3 amide bonds. The predicted octanol–water partition coefficient (Wildman–Crippen LogP) is 1.89. The van der Waals surface area contributed by atoms with E-state index in [0.29, 0.717) is 12.2 Å². The van der Waals surface area contributed by atoms with E-state index in [1.54, 1.807) is 12.1 Å². The lowest BCUT2D eigenvalue weighted by Crippen LogP contribution is -2.39. The van der Waals surface area contributed by atoms with Crippen molar-refractivity contribution in [2.45, 2.75) is 13.3 Å². The number of carbonyl (C=O) groups is 2. The van der Waals surface area contributed by atoms with Gasteiger partial charge in [-0.25, -0.2) is 4.79 Å². The van der Waals surface area contributed by atoms with Crippen LogP contribution in [-0.2, 0) is 4.79 Å². The van der Waals surface area contributed by atoms with Crippen LogP contribution in [0.3, 0.4) is 0 Å². The van der Waals surface area contributed by atoms with Crippen molar-refractivity contribution in [3.8, 4) is 0 Å². The lowest BCUT2D eigenvalue weighted by molar-refractivity contribution is -0.120. The number of amides is 3. The first-order valence-corrected chi connectivity index (χ1v) is 6.20. The molecule has 0 aliphatic carbocycles. The smallest absolute Gasteiger partial charge is 0.319 e. The lowest BCUT2D eigenvalue weighted by atomic mass is 10.3. The third-order valence-corrected chi connectivity index (χ3v) is 2.31. The Morgan fingerprint density at radius 1 is 1.16 bits per heavy atom. The molecule has 0 spiro atoms. The molecule has 102 valence electrons. The maximum atomic E-state index is 11.5. The molecular weight excluding hydrogens is 242 g/mol. The summed E-state index contributed by atoms with van der Waals surface area (Å²) in [7, 11) is 0. The Morgan fingerprint density at radius 2 is 1.89 bits per heavy atom. The molecular formula is C14H19N3O2. The summed E-state index contributed by atoms with van der Waals surface area (Å²) in [6.07, 6.45) is 4.69. The summed E-state index contributed by atoms with van der Waals surface area (Å²) in [4.78, 5) is 22.9. The summed E-state index contributed by atoms with van der Waals surface area (Å²) >= 11 is 0. The van der Waals surface area contributed by atoms with Crippen LogP contribution >= 0.6 is 0 Å². The van der Waals surface area contributed by atoms with Crippen LogP contribution in [0.15, 0.2) is 42.5 Å². The van der Waals surface area contributed by atoms with Gasteiger partial charge in [-0.3, -0.25) is 4.79 Å². The second-order valence-electron chi connectivity index (χ2n) is 3.88. The first kappa shape index (κ1) is 14.8. The zero-order chi connectivity index (χ0) is 13.9. The van der Waals surface area contributed by atoms with Crippen LogP contribution in [0.4, 0.5) is 10.5 Å². The Kier molecular flexibility index (Phi) is 6.79.